The standard InChI is InChI=1S/C15H20N4O.2ClH/c1-12-4-2-3-5-13(12)10-14-17-15(20-18-14)11-19-8-6-16-7-9-19;;/h2-5,16H,6-11H2,1H3;2*1H. The van der Waals surface area contributed by atoms with Crippen LogP contribution in [-0.4, -0.2) is 41.2 Å². The van der Waals surface area contributed by atoms with Crippen molar-refractivity contribution in [3.63, 3.8) is 0 Å². The number of nitrogens with zero attached hydrogens (tertiary/aromatic N) is 3. The quantitative estimate of drug-likeness (QED) is 0.921. The minimum Gasteiger partial charge on any atom is -0.338 e. The Hall–Kier alpha value is -1.14. The van der Waals surface area contributed by atoms with Gasteiger partial charge in [-0.25, -0.2) is 0 Å². The molecule has 3 rings (SSSR count). The Balaban J connectivity index is 0.00000121. The van der Waals surface area contributed by atoms with Gasteiger partial charge in [0.25, 0.3) is 0 Å². The van der Waals surface area contributed by atoms with Crippen LogP contribution in [0.3, 0.4) is 0 Å². The van der Waals surface area contributed by atoms with Crippen LogP contribution in [0.2, 0.25) is 0 Å². The first-order chi connectivity index (χ1) is 9.81. The molecule has 22 heavy (non-hydrogen) atoms. The third-order valence-electron chi connectivity index (χ3n) is 3.69. The fourth-order valence-corrected chi connectivity index (χ4v) is 2.47. The van der Waals surface area contributed by atoms with Crippen LogP contribution < -0.4 is 5.32 Å². The zero-order chi connectivity index (χ0) is 13.8. The molecule has 0 unspecified atom stereocenters. The van der Waals surface area contributed by atoms with Crippen LogP contribution >= 0.6 is 24.8 Å². The zero-order valence-electron chi connectivity index (χ0n) is 12.6. The Labute approximate surface area is 143 Å². The van der Waals surface area contributed by atoms with Crippen molar-refractivity contribution < 1.29 is 4.52 Å². The van der Waals surface area contributed by atoms with Gasteiger partial charge in [0.2, 0.25) is 5.89 Å². The van der Waals surface area contributed by atoms with E-state index in [1.54, 1.807) is 0 Å². The summed E-state index contributed by atoms with van der Waals surface area (Å²) in [6.07, 6.45) is 0.734. The maximum atomic E-state index is 5.36. The van der Waals surface area contributed by atoms with Crippen molar-refractivity contribution in [3.05, 3.63) is 47.1 Å². The molecule has 7 heteroatoms. The molecular formula is C15H22Cl2N4O. The Bertz CT molecular complexity index is 570. The smallest absolute Gasteiger partial charge is 0.240 e. The van der Waals surface area contributed by atoms with Crippen LogP contribution in [0.25, 0.3) is 0 Å². The van der Waals surface area contributed by atoms with Gasteiger partial charge in [-0.3, -0.25) is 4.90 Å². The molecule has 1 fully saturated rings. The van der Waals surface area contributed by atoms with Crippen molar-refractivity contribution in [2.75, 3.05) is 26.2 Å². The van der Waals surface area contributed by atoms with Crippen LogP contribution in [0.1, 0.15) is 22.8 Å². The van der Waals surface area contributed by atoms with E-state index >= 15 is 0 Å². The summed E-state index contributed by atoms with van der Waals surface area (Å²) in [7, 11) is 0. The average molecular weight is 345 g/mol. The van der Waals surface area contributed by atoms with Crippen molar-refractivity contribution in [1.29, 1.82) is 0 Å². The fraction of sp³-hybridized carbons (Fsp3) is 0.467. The predicted molar refractivity (Wildman–Crippen MR) is 90.9 cm³/mol. The number of halogens is 2. The summed E-state index contributed by atoms with van der Waals surface area (Å²) in [6.45, 7) is 7.00. The Morgan fingerprint density at radius 2 is 1.91 bits per heavy atom. The van der Waals surface area contributed by atoms with E-state index in [9.17, 15) is 0 Å². The molecule has 2 heterocycles. The van der Waals surface area contributed by atoms with Crippen molar-refractivity contribution in [3.8, 4) is 0 Å². The van der Waals surface area contributed by atoms with Gasteiger partial charge in [0.05, 0.1) is 6.54 Å². The minimum absolute atomic E-state index is 0. The average Bonchev–Trinajstić information content (AvgIpc) is 2.90. The monoisotopic (exact) mass is 344 g/mol. The highest BCUT2D eigenvalue weighted by molar-refractivity contribution is 5.85. The Morgan fingerprint density at radius 1 is 1.18 bits per heavy atom. The van der Waals surface area contributed by atoms with Crippen molar-refractivity contribution >= 4 is 24.8 Å². The van der Waals surface area contributed by atoms with Gasteiger partial charge in [0.1, 0.15) is 0 Å². The van der Waals surface area contributed by atoms with E-state index in [0.29, 0.717) is 0 Å². The summed E-state index contributed by atoms with van der Waals surface area (Å²) in [5.41, 5.74) is 2.52. The first kappa shape index (κ1) is 18.9. The summed E-state index contributed by atoms with van der Waals surface area (Å²) in [4.78, 5) is 6.84. The molecule has 1 aromatic heterocycles. The molecule has 1 N–H and O–H groups in total. The van der Waals surface area contributed by atoms with Crippen molar-refractivity contribution in [2.24, 2.45) is 0 Å². The first-order valence-corrected chi connectivity index (χ1v) is 7.10. The molecule has 122 valence electrons. The maximum Gasteiger partial charge on any atom is 0.240 e. The largest absolute Gasteiger partial charge is 0.338 e. The van der Waals surface area contributed by atoms with E-state index in [-0.39, 0.29) is 24.8 Å². The topological polar surface area (TPSA) is 54.2 Å². The second-order valence-corrected chi connectivity index (χ2v) is 5.23. The normalized spacial score (nSPS) is 15.0. The molecule has 0 saturated carbocycles. The van der Waals surface area contributed by atoms with Gasteiger partial charge in [0.15, 0.2) is 5.82 Å². The number of piperazine rings is 1. The molecule has 5 nitrogen and oxygen atoms in total. The molecule has 0 aliphatic carbocycles. The molecule has 1 aliphatic rings. The van der Waals surface area contributed by atoms with Crippen LogP contribution in [-0.2, 0) is 13.0 Å². The van der Waals surface area contributed by atoms with Gasteiger partial charge in [-0.1, -0.05) is 29.4 Å². The number of aryl methyl sites for hydroxylation is 1. The fourth-order valence-electron chi connectivity index (χ4n) is 2.47. The molecule has 0 bridgehead atoms. The molecule has 2 aromatic rings. The van der Waals surface area contributed by atoms with Gasteiger partial charge < -0.3 is 9.84 Å². The van der Waals surface area contributed by atoms with E-state index in [4.69, 9.17) is 4.52 Å². The van der Waals surface area contributed by atoms with Gasteiger partial charge in [-0.15, -0.1) is 24.8 Å². The lowest BCUT2D eigenvalue weighted by Gasteiger charge is -2.25. The SMILES string of the molecule is Cc1ccccc1Cc1noc(CN2CCNCC2)n1.Cl.Cl. The Morgan fingerprint density at radius 3 is 2.64 bits per heavy atom. The van der Waals surface area contributed by atoms with Crippen molar-refractivity contribution in [1.82, 2.24) is 20.4 Å². The number of hydrogen-bond acceptors (Lipinski definition) is 5. The number of benzene rings is 1. The van der Waals surface area contributed by atoms with Crippen LogP contribution in [0, 0.1) is 6.92 Å². The molecular weight excluding hydrogens is 323 g/mol. The van der Waals surface area contributed by atoms with Gasteiger partial charge in [0, 0.05) is 32.6 Å². The second-order valence-electron chi connectivity index (χ2n) is 5.23. The highest BCUT2D eigenvalue weighted by Gasteiger charge is 2.14. The number of aromatic nitrogens is 2. The summed E-state index contributed by atoms with van der Waals surface area (Å²) in [5, 5.41) is 7.43. The molecule has 0 spiro atoms. The highest BCUT2D eigenvalue weighted by Crippen LogP contribution is 2.12. The number of rotatable bonds is 4. The number of nitrogens with one attached hydrogen (secondary N) is 1. The zero-order valence-corrected chi connectivity index (χ0v) is 14.3. The molecule has 0 radical (unpaired) electrons. The van der Waals surface area contributed by atoms with Crippen LogP contribution in [0.15, 0.2) is 28.8 Å². The highest BCUT2D eigenvalue weighted by atomic mass is 35.5. The van der Waals surface area contributed by atoms with E-state index in [1.807, 2.05) is 12.1 Å². The maximum absolute atomic E-state index is 5.36. The lowest BCUT2D eigenvalue weighted by atomic mass is 10.1. The van der Waals surface area contributed by atoms with E-state index < -0.39 is 0 Å². The van der Waals surface area contributed by atoms with Crippen LogP contribution in [0.5, 0.6) is 0 Å². The molecule has 0 atom stereocenters. The third-order valence-corrected chi connectivity index (χ3v) is 3.69. The van der Waals surface area contributed by atoms with E-state index in [1.165, 1.54) is 11.1 Å². The molecule has 1 saturated heterocycles. The lowest BCUT2D eigenvalue weighted by Crippen LogP contribution is -2.42. The lowest BCUT2D eigenvalue weighted by molar-refractivity contribution is 0.203. The van der Waals surface area contributed by atoms with E-state index in [0.717, 1.165) is 50.9 Å². The van der Waals surface area contributed by atoms with Gasteiger partial charge in [-0.05, 0) is 18.1 Å². The summed E-state index contributed by atoms with van der Waals surface area (Å²) >= 11 is 0. The van der Waals surface area contributed by atoms with Gasteiger partial charge in [-0.2, -0.15) is 4.98 Å². The number of hydrogen-bond donors (Lipinski definition) is 1. The molecule has 0 amide bonds. The summed E-state index contributed by atoms with van der Waals surface area (Å²) in [5.74, 6) is 1.49. The first-order valence-electron chi connectivity index (χ1n) is 7.10. The second kappa shape index (κ2) is 9.10. The summed E-state index contributed by atoms with van der Waals surface area (Å²) < 4.78 is 5.36. The molecule has 1 aliphatic heterocycles. The third kappa shape index (κ3) is 4.95. The Kier molecular flexibility index (Phi) is 7.82. The van der Waals surface area contributed by atoms with Crippen LogP contribution in [0.4, 0.5) is 0 Å². The van der Waals surface area contributed by atoms with Crippen molar-refractivity contribution in [2.45, 2.75) is 19.9 Å². The summed E-state index contributed by atoms with van der Waals surface area (Å²) in [6, 6.07) is 8.31. The van der Waals surface area contributed by atoms with Gasteiger partial charge >= 0.3 is 0 Å². The molecule has 1 aromatic carbocycles. The van der Waals surface area contributed by atoms with E-state index in [2.05, 4.69) is 39.4 Å². The predicted octanol–water partition coefficient (Wildman–Crippen LogP) is 2.22. The minimum atomic E-state index is 0.